The van der Waals surface area contributed by atoms with Gasteiger partial charge < -0.3 is 9.47 Å². The van der Waals surface area contributed by atoms with E-state index in [2.05, 4.69) is 0 Å². The summed E-state index contributed by atoms with van der Waals surface area (Å²) in [6.45, 7) is 3.74. The number of rotatable bonds is 3. The third-order valence-corrected chi connectivity index (χ3v) is 5.66. The summed E-state index contributed by atoms with van der Waals surface area (Å²) in [6.07, 6.45) is 1.75. The first kappa shape index (κ1) is 18.5. The van der Waals surface area contributed by atoms with E-state index in [1.54, 1.807) is 54.7 Å². The topological polar surface area (TPSA) is 52.6 Å². The molecule has 0 bridgehead atoms. The predicted octanol–water partition coefficient (Wildman–Crippen LogP) is 5.85. The zero-order chi connectivity index (χ0) is 19.8. The van der Waals surface area contributed by atoms with Crippen LogP contribution in [0.3, 0.4) is 0 Å². The third-order valence-electron chi connectivity index (χ3n) is 4.46. The van der Waals surface area contributed by atoms with E-state index in [0.29, 0.717) is 33.2 Å². The van der Waals surface area contributed by atoms with Crippen molar-refractivity contribution in [1.82, 2.24) is 0 Å². The number of fused-ring (bicyclic) bond motifs is 1. The van der Waals surface area contributed by atoms with Crippen LogP contribution in [0.15, 0.2) is 53.6 Å². The average Bonchev–Trinajstić information content (AvgIpc) is 3.22. The fourth-order valence-electron chi connectivity index (χ4n) is 2.90. The summed E-state index contributed by atoms with van der Waals surface area (Å²) in [5.74, 6) is 0.312. The molecule has 2 heterocycles. The van der Waals surface area contributed by atoms with Crippen molar-refractivity contribution in [2.24, 2.45) is 0 Å². The number of Topliss-reactive ketones (excluding diaryl/α,β-unsaturated/α-hetero) is 1. The van der Waals surface area contributed by atoms with E-state index in [1.807, 2.05) is 18.4 Å². The molecule has 0 radical (unpaired) electrons. The number of halogens is 1. The highest BCUT2D eigenvalue weighted by Crippen LogP contribution is 2.40. The van der Waals surface area contributed by atoms with Crippen molar-refractivity contribution < 1.29 is 19.1 Å². The monoisotopic (exact) mass is 410 g/mol. The number of carbonyl (C=O) groups excluding carboxylic acids is 2. The van der Waals surface area contributed by atoms with E-state index in [4.69, 9.17) is 21.1 Å². The number of thiophene rings is 1. The Morgan fingerprint density at radius 2 is 2.00 bits per heavy atom. The van der Waals surface area contributed by atoms with Gasteiger partial charge in [0.1, 0.15) is 11.5 Å². The highest BCUT2D eigenvalue weighted by atomic mass is 35.5. The van der Waals surface area contributed by atoms with Gasteiger partial charge in [-0.2, -0.15) is 0 Å². The molecule has 1 aliphatic rings. The molecule has 0 spiro atoms. The van der Waals surface area contributed by atoms with Gasteiger partial charge in [-0.25, -0.2) is 4.79 Å². The number of aryl methyl sites for hydroxylation is 1. The second-order valence-corrected chi connectivity index (χ2v) is 7.76. The fraction of sp³-hybridized carbons (Fsp3) is 0.0909. The summed E-state index contributed by atoms with van der Waals surface area (Å²) in [5.41, 5.74) is 2.48. The Morgan fingerprint density at radius 3 is 2.71 bits per heavy atom. The quantitative estimate of drug-likeness (QED) is 0.308. The fourth-order valence-corrected chi connectivity index (χ4v) is 3.94. The number of allylic oxidation sites excluding steroid dienone is 1. The molecule has 4 rings (SSSR count). The van der Waals surface area contributed by atoms with Gasteiger partial charge in [-0.3, -0.25) is 4.79 Å². The lowest BCUT2D eigenvalue weighted by Gasteiger charge is -2.10. The Kier molecular flexibility index (Phi) is 4.79. The maximum atomic E-state index is 12.7. The molecule has 0 aliphatic carbocycles. The summed E-state index contributed by atoms with van der Waals surface area (Å²) in [4.78, 5) is 26.0. The lowest BCUT2D eigenvalue weighted by molar-refractivity contribution is 0.0733. The molecule has 4 nitrogen and oxygen atoms in total. The van der Waals surface area contributed by atoms with Crippen LogP contribution in [0.5, 0.6) is 11.5 Å². The Morgan fingerprint density at radius 1 is 1.18 bits per heavy atom. The Balaban J connectivity index is 1.63. The number of benzene rings is 2. The van der Waals surface area contributed by atoms with Crippen molar-refractivity contribution in [2.45, 2.75) is 13.8 Å². The molecule has 140 valence electrons. The van der Waals surface area contributed by atoms with E-state index in [-0.39, 0.29) is 11.5 Å². The number of esters is 1. The SMILES string of the molecule is Cc1ccsc1/C=C1\Oc2c(ccc(OC(=O)c3cccc(Cl)c3)c2C)C1=O. The molecule has 0 atom stereocenters. The molecule has 0 unspecified atom stereocenters. The number of ether oxygens (including phenoxy) is 2. The molecule has 0 N–H and O–H groups in total. The van der Waals surface area contributed by atoms with Crippen molar-refractivity contribution in [2.75, 3.05) is 0 Å². The number of carbonyl (C=O) groups is 2. The highest BCUT2D eigenvalue weighted by Gasteiger charge is 2.30. The van der Waals surface area contributed by atoms with E-state index in [9.17, 15) is 9.59 Å². The third kappa shape index (κ3) is 3.35. The van der Waals surface area contributed by atoms with Crippen molar-refractivity contribution in [3.63, 3.8) is 0 Å². The predicted molar refractivity (Wildman–Crippen MR) is 110 cm³/mol. The lowest BCUT2D eigenvalue weighted by Crippen LogP contribution is -2.09. The van der Waals surface area contributed by atoms with Crippen molar-refractivity contribution >= 4 is 40.8 Å². The summed E-state index contributed by atoms with van der Waals surface area (Å²) < 4.78 is 11.3. The second-order valence-electron chi connectivity index (χ2n) is 6.37. The highest BCUT2D eigenvalue weighted by molar-refractivity contribution is 7.11. The molecule has 3 aromatic rings. The van der Waals surface area contributed by atoms with Crippen LogP contribution in [0.2, 0.25) is 5.02 Å². The van der Waals surface area contributed by atoms with Gasteiger partial charge in [0.2, 0.25) is 5.78 Å². The molecule has 6 heteroatoms. The van der Waals surface area contributed by atoms with Gasteiger partial charge in [0.15, 0.2) is 5.76 Å². The van der Waals surface area contributed by atoms with Crippen LogP contribution in [-0.4, -0.2) is 11.8 Å². The van der Waals surface area contributed by atoms with Crippen LogP contribution >= 0.6 is 22.9 Å². The summed E-state index contributed by atoms with van der Waals surface area (Å²) in [6, 6.07) is 11.7. The van der Waals surface area contributed by atoms with Gasteiger partial charge in [-0.05, 0) is 61.2 Å². The van der Waals surface area contributed by atoms with E-state index >= 15 is 0 Å². The van der Waals surface area contributed by atoms with Gasteiger partial charge in [0, 0.05) is 21.5 Å². The smallest absolute Gasteiger partial charge is 0.343 e. The maximum absolute atomic E-state index is 12.7. The average molecular weight is 411 g/mol. The molecule has 1 aromatic heterocycles. The second kappa shape index (κ2) is 7.26. The molecule has 0 amide bonds. The Hall–Kier alpha value is -2.89. The largest absolute Gasteiger partial charge is 0.452 e. The number of hydrogen-bond donors (Lipinski definition) is 0. The van der Waals surface area contributed by atoms with Crippen LogP contribution < -0.4 is 9.47 Å². The van der Waals surface area contributed by atoms with Crippen LogP contribution in [0.25, 0.3) is 6.08 Å². The molecular weight excluding hydrogens is 396 g/mol. The van der Waals surface area contributed by atoms with Crippen LogP contribution in [0.1, 0.15) is 36.7 Å². The lowest BCUT2D eigenvalue weighted by atomic mass is 10.1. The first-order valence-electron chi connectivity index (χ1n) is 8.53. The van der Waals surface area contributed by atoms with Gasteiger partial charge >= 0.3 is 5.97 Å². The molecule has 0 saturated carbocycles. The van der Waals surface area contributed by atoms with E-state index in [0.717, 1.165) is 10.4 Å². The first-order valence-corrected chi connectivity index (χ1v) is 9.79. The Bertz CT molecular complexity index is 1140. The Labute approximate surface area is 171 Å². The zero-order valence-corrected chi connectivity index (χ0v) is 16.7. The standard InChI is InChI=1S/C22H15ClO4S/c1-12-8-9-28-19(12)11-18-20(24)16-6-7-17(13(2)21(16)26-18)27-22(25)14-4-3-5-15(23)10-14/h3-11H,1-2H3/b18-11-. The minimum absolute atomic E-state index is 0.182. The number of hydrogen-bond acceptors (Lipinski definition) is 5. The van der Waals surface area contributed by atoms with Crippen LogP contribution in [0.4, 0.5) is 0 Å². The van der Waals surface area contributed by atoms with Crippen molar-refractivity contribution in [3.05, 3.63) is 85.8 Å². The van der Waals surface area contributed by atoms with Gasteiger partial charge in [0.25, 0.3) is 0 Å². The molecule has 1 aliphatic heterocycles. The van der Waals surface area contributed by atoms with E-state index in [1.165, 1.54) is 6.07 Å². The number of ketones is 1. The molecule has 0 saturated heterocycles. The van der Waals surface area contributed by atoms with Gasteiger partial charge in [-0.1, -0.05) is 17.7 Å². The van der Waals surface area contributed by atoms with Crippen molar-refractivity contribution in [1.29, 1.82) is 0 Å². The first-order chi connectivity index (χ1) is 13.4. The van der Waals surface area contributed by atoms with Crippen LogP contribution in [0, 0.1) is 13.8 Å². The molecular formula is C22H15ClO4S. The zero-order valence-electron chi connectivity index (χ0n) is 15.1. The molecule has 28 heavy (non-hydrogen) atoms. The molecule has 2 aromatic carbocycles. The van der Waals surface area contributed by atoms with Crippen LogP contribution in [-0.2, 0) is 0 Å². The minimum Gasteiger partial charge on any atom is -0.452 e. The summed E-state index contributed by atoms with van der Waals surface area (Å²) in [5, 5.41) is 2.42. The maximum Gasteiger partial charge on any atom is 0.343 e. The molecule has 0 fully saturated rings. The minimum atomic E-state index is -0.528. The van der Waals surface area contributed by atoms with Crippen molar-refractivity contribution in [3.8, 4) is 11.5 Å². The van der Waals surface area contributed by atoms with E-state index < -0.39 is 5.97 Å². The normalized spacial score (nSPS) is 14.1. The summed E-state index contributed by atoms with van der Waals surface area (Å²) in [7, 11) is 0. The van der Waals surface area contributed by atoms with Gasteiger partial charge in [-0.15, -0.1) is 11.3 Å². The summed E-state index contributed by atoms with van der Waals surface area (Å²) >= 11 is 7.47. The van der Waals surface area contributed by atoms with Gasteiger partial charge in [0.05, 0.1) is 11.1 Å².